The first-order valence-electron chi connectivity index (χ1n) is 4.42. The van der Waals surface area contributed by atoms with Gasteiger partial charge in [0.05, 0.1) is 6.04 Å². The van der Waals surface area contributed by atoms with Gasteiger partial charge in [-0.2, -0.15) is 5.21 Å². The lowest BCUT2D eigenvalue weighted by molar-refractivity contribution is -0.143. The predicted octanol–water partition coefficient (Wildman–Crippen LogP) is -1.52. The number of ether oxygens (including phenoxy) is 1. The highest BCUT2D eigenvalue weighted by molar-refractivity contribution is 5.78. The average Bonchev–Trinajstić information content (AvgIpc) is 2.69. The van der Waals surface area contributed by atoms with E-state index in [4.69, 9.17) is 5.11 Å². The van der Waals surface area contributed by atoms with E-state index in [1.807, 2.05) is 0 Å². The van der Waals surface area contributed by atoms with Crippen LogP contribution in [0.3, 0.4) is 0 Å². The number of carboxylic acids is 1. The zero-order chi connectivity index (χ0) is 12.0. The first kappa shape index (κ1) is 12.0. The van der Waals surface area contributed by atoms with Crippen molar-refractivity contribution in [3.63, 3.8) is 0 Å². The number of nitrogens with one attached hydrogen (secondary N) is 2. The molecule has 0 radical (unpaired) electrons. The van der Waals surface area contributed by atoms with Crippen molar-refractivity contribution in [1.29, 1.82) is 0 Å². The second-order valence-corrected chi connectivity index (χ2v) is 2.95. The lowest BCUT2D eigenvalue weighted by Crippen LogP contribution is -2.31. The molecule has 1 heterocycles. The Labute approximate surface area is 90.2 Å². The summed E-state index contributed by atoms with van der Waals surface area (Å²) in [7, 11) is 0. The number of hydrogen-bond donors (Lipinski definition) is 3. The molecule has 0 aliphatic heterocycles. The van der Waals surface area contributed by atoms with Crippen molar-refractivity contribution < 1.29 is 19.4 Å². The van der Waals surface area contributed by atoms with E-state index in [1.165, 1.54) is 0 Å². The van der Waals surface area contributed by atoms with Gasteiger partial charge in [-0.25, -0.2) is 4.79 Å². The molecule has 1 rings (SSSR count). The number of H-pyrrole nitrogens is 1. The Bertz CT molecular complexity index is 352. The van der Waals surface area contributed by atoms with Crippen LogP contribution in [0.5, 0.6) is 0 Å². The quantitative estimate of drug-likeness (QED) is 0.539. The zero-order valence-corrected chi connectivity index (χ0v) is 8.51. The second kappa shape index (κ2) is 5.75. The molecule has 3 N–H and O–H groups in total. The Morgan fingerprint density at radius 3 is 2.88 bits per heavy atom. The molecule has 0 fully saturated rings. The molecule has 1 amide bonds. The Kier molecular flexibility index (Phi) is 4.33. The zero-order valence-electron chi connectivity index (χ0n) is 8.51. The monoisotopic (exact) mass is 229 g/mol. The average molecular weight is 229 g/mol. The summed E-state index contributed by atoms with van der Waals surface area (Å²) in [6.45, 7) is 0.832. The summed E-state index contributed by atoms with van der Waals surface area (Å²) >= 11 is 0. The van der Waals surface area contributed by atoms with Crippen LogP contribution in [0, 0.1) is 0 Å². The number of amides is 1. The van der Waals surface area contributed by atoms with Gasteiger partial charge in [-0.15, -0.1) is 10.2 Å². The fourth-order valence-electron chi connectivity index (χ4n) is 0.932. The number of carboxylic acid groups (broad SMARTS) is 1. The number of carbonyl (C=O) groups excluding carboxylic acids is 1. The maximum atomic E-state index is 11.2. The van der Waals surface area contributed by atoms with Crippen LogP contribution >= 0.6 is 0 Å². The van der Waals surface area contributed by atoms with Gasteiger partial charge in [0.1, 0.15) is 13.2 Å². The molecule has 0 aliphatic carbocycles. The Balaban J connectivity index is 2.26. The molecule has 1 aromatic rings. The number of aromatic amines is 1. The van der Waals surface area contributed by atoms with Crippen LogP contribution in [0.1, 0.15) is 18.8 Å². The third kappa shape index (κ3) is 4.00. The van der Waals surface area contributed by atoms with Gasteiger partial charge in [0, 0.05) is 0 Å². The molecule has 0 bridgehead atoms. The lowest BCUT2D eigenvalue weighted by Gasteiger charge is -2.09. The SMILES string of the molecule is CC(NC(=O)COCC(=O)O)c1nn[nH]n1. The molecule has 9 nitrogen and oxygen atoms in total. The van der Waals surface area contributed by atoms with E-state index in [9.17, 15) is 9.59 Å². The number of nitrogens with zero attached hydrogens (tertiary/aromatic N) is 3. The van der Waals surface area contributed by atoms with Gasteiger partial charge < -0.3 is 15.2 Å². The van der Waals surface area contributed by atoms with Gasteiger partial charge in [0.25, 0.3) is 0 Å². The van der Waals surface area contributed by atoms with E-state index in [-0.39, 0.29) is 6.61 Å². The molecule has 0 aromatic carbocycles. The molecule has 16 heavy (non-hydrogen) atoms. The standard InChI is InChI=1S/C7H11N5O4/c1-4(7-9-11-12-10-7)8-5(13)2-16-3-6(14)15/h4H,2-3H2,1H3,(H,8,13)(H,14,15)(H,9,10,11,12). The first-order chi connectivity index (χ1) is 7.59. The number of carbonyl (C=O) groups is 2. The van der Waals surface area contributed by atoms with Crippen LogP contribution in [0.2, 0.25) is 0 Å². The lowest BCUT2D eigenvalue weighted by atomic mass is 10.3. The van der Waals surface area contributed by atoms with Gasteiger partial charge in [-0.1, -0.05) is 5.21 Å². The molecule has 88 valence electrons. The van der Waals surface area contributed by atoms with Crippen LogP contribution in [0.25, 0.3) is 0 Å². The maximum absolute atomic E-state index is 11.2. The third-order valence-electron chi connectivity index (χ3n) is 1.59. The summed E-state index contributed by atoms with van der Waals surface area (Å²) in [4.78, 5) is 21.3. The molecular weight excluding hydrogens is 218 g/mol. The van der Waals surface area contributed by atoms with Crippen molar-refractivity contribution in [3.8, 4) is 0 Å². The fourth-order valence-corrected chi connectivity index (χ4v) is 0.932. The topological polar surface area (TPSA) is 130 Å². The number of aromatic nitrogens is 4. The smallest absolute Gasteiger partial charge is 0.329 e. The van der Waals surface area contributed by atoms with Crippen LogP contribution in [0.4, 0.5) is 0 Å². The van der Waals surface area contributed by atoms with Gasteiger partial charge >= 0.3 is 5.97 Å². The van der Waals surface area contributed by atoms with Gasteiger partial charge in [-0.05, 0) is 6.92 Å². The minimum Gasteiger partial charge on any atom is -0.480 e. The van der Waals surface area contributed by atoms with Crippen molar-refractivity contribution in [2.24, 2.45) is 0 Å². The number of tetrazole rings is 1. The second-order valence-electron chi connectivity index (χ2n) is 2.95. The summed E-state index contributed by atoms with van der Waals surface area (Å²) in [6, 6.07) is -0.417. The number of hydrogen-bond acceptors (Lipinski definition) is 6. The van der Waals surface area contributed by atoms with Crippen molar-refractivity contribution in [1.82, 2.24) is 25.9 Å². The van der Waals surface area contributed by atoms with Gasteiger partial charge in [0.15, 0.2) is 5.82 Å². The number of aliphatic carboxylic acids is 1. The van der Waals surface area contributed by atoms with Crippen LogP contribution in [0.15, 0.2) is 0 Å². The highest BCUT2D eigenvalue weighted by Gasteiger charge is 2.13. The van der Waals surface area contributed by atoms with Crippen molar-refractivity contribution in [2.75, 3.05) is 13.2 Å². The highest BCUT2D eigenvalue weighted by Crippen LogP contribution is 2.02. The third-order valence-corrected chi connectivity index (χ3v) is 1.59. The van der Waals surface area contributed by atoms with Crippen LogP contribution in [-0.2, 0) is 14.3 Å². The summed E-state index contributed by atoms with van der Waals surface area (Å²) in [5.41, 5.74) is 0. The molecule has 1 unspecified atom stereocenters. The normalized spacial score (nSPS) is 12.1. The largest absolute Gasteiger partial charge is 0.480 e. The Morgan fingerprint density at radius 2 is 2.31 bits per heavy atom. The van der Waals surface area contributed by atoms with Crippen molar-refractivity contribution >= 4 is 11.9 Å². The van der Waals surface area contributed by atoms with E-state index in [2.05, 4.69) is 30.7 Å². The summed E-state index contributed by atoms with van der Waals surface area (Å²) in [6.07, 6.45) is 0. The predicted molar refractivity (Wildman–Crippen MR) is 49.2 cm³/mol. The minimum absolute atomic E-state index is 0.325. The fraction of sp³-hybridized carbons (Fsp3) is 0.571. The maximum Gasteiger partial charge on any atom is 0.329 e. The van der Waals surface area contributed by atoms with Crippen LogP contribution < -0.4 is 5.32 Å². The molecule has 0 spiro atoms. The van der Waals surface area contributed by atoms with Crippen LogP contribution in [-0.4, -0.2) is 50.8 Å². The van der Waals surface area contributed by atoms with Crippen molar-refractivity contribution in [3.05, 3.63) is 5.82 Å². The van der Waals surface area contributed by atoms with E-state index in [1.54, 1.807) is 6.92 Å². The number of rotatable bonds is 6. The van der Waals surface area contributed by atoms with Gasteiger partial charge in [-0.3, -0.25) is 4.79 Å². The van der Waals surface area contributed by atoms with Crippen molar-refractivity contribution in [2.45, 2.75) is 13.0 Å². The highest BCUT2D eigenvalue weighted by atomic mass is 16.5. The Hall–Kier alpha value is -2.03. The molecule has 0 aliphatic rings. The molecular formula is C7H11N5O4. The van der Waals surface area contributed by atoms with E-state index >= 15 is 0 Å². The molecule has 1 atom stereocenters. The van der Waals surface area contributed by atoms with E-state index in [0.29, 0.717) is 5.82 Å². The molecule has 0 saturated carbocycles. The first-order valence-corrected chi connectivity index (χ1v) is 4.42. The summed E-state index contributed by atoms with van der Waals surface area (Å²) in [5, 5.41) is 23.7. The molecule has 1 aromatic heterocycles. The Morgan fingerprint density at radius 1 is 1.56 bits per heavy atom. The molecule has 9 heteroatoms. The van der Waals surface area contributed by atoms with E-state index < -0.39 is 24.5 Å². The summed E-state index contributed by atoms with van der Waals surface area (Å²) < 4.78 is 4.60. The minimum atomic E-state index is -1.13. The molecule has 0 saturated heterocycles. The summed E-state index contributed by atoms with van der Waals surface area (Å²) in [5.74, 6) is -1.23. The van der Waals surface area contributed by atoms with Gasteiger partial charge in [0.2, 0.25) is 5.91 Å². The van der Waals surface area contributed by atoms with E-state index in [0.717, 1.165) is 0 Å².